The molecule has 5 rings (SSSR count). The smallest absolute Gasteiger partial charge is 0.293 e. The number of anilines is 1. The summed E-state index contributed by atoms with van der Waals surface area (Å²) in [7, 11) is 0. The van der Waals surface area contributed by atoms with Crippen LogP contribution in [0.25, 0.3) is 0 Å². The molecule has 0 N–H and O–H groups in total. The van der Waals surface area contributed by atoms with Gasteiger partial charge in [0.05, 0.1) is 0 Å². The van der Waals surface area contributed by atoms with E-state index in [-0.39, 0.29) is 11.7 Å². The van der Waals surface area contributed by atoms with E-state index in [1.165, 1.54) is 23.2 Å². The standard InChI is InChI=1S/C25H27FN4O/c26-21-5-2-18(3-6-21)7-11-29-12-9-22(10-13-29)30-14-8-20-4-1-19(16-24(20)30)15-23-25(31)28-17-27-23/h1-6,16-17,22H,7-15H2. The van der Waals surface area contributed by atoms with Crippen molar-refractivity contribution in [1.29, 1.82) is 0 Å². The zero-order chi connectivity index (χ0) is 21.2. The van der Waals surface area contributed by atoms with Gasteiger partial charge in [-0.05, 0) is 60.6 Å². The van der Waals surface area contributed by atoms with Crippen LogP contribution < -0.4 is 4.90 Å². The molecule has 3 heterocycles. The van der Waals surface area contributed by atoms with Crippen molar-refractivity contribution >= 4 is 23.6 Å². The number of fused-ring (bicyclic) bond motifs is 1. The number of likely N-dealkylation sites (tertiary alicyclic amines) is 1. The van der Waals surface area contributed by atoms with E-state index in [9.17, 15) is 9.18 Å². The van der Waals surface area contributed by atoms with Gasteiger partial charge in [-0.15, -0.1) is 0 Å². The highest BCUT2D eigenvalue weighted by Gasteiger charge is 2.29. The molecule has 0 aliphatic carbocycles. The number of aliphatic imine (C=N–C) groups is 2. The normalized spacial score (nSPS) is 19.2. The number of piperidine rings is 1. The zero-order valence-corrected chi connectivity index (χ0v) is 17.6. The van der Waals surface area contributed by atoms with Gasteiger partial charge in [-0.2, -0.15) is 4.99 Å². The number of benzene rings is 2. The highest BCUT2D eigenvalue weighted by Crippen LogP contribution is 2.33. The van der Waals surface area contributed by atoms with Crippen molar-refractivity contribution in [3.63, 3.8) is 0 Å². The molecule has 0 unspecified atom stereocenters. The second-order valence-electron chi connectivity index (χ2n) is 8.66. The molecular weight excluding hydrogens is 391 g/mol. The number of rotatable bonds is 6. The average Bonchev–Trinajstić information content (AvgIpc) is 3.40. The van der Waals surface area contributed by atoms with E-state index >= 15 is 0 Å². The molecule has 0 bridgehead atoms. The fourth-order valence-corrected chi connectivity index (χ4v) is 4.93. The second kappa shape index (κ2) is 8.71. The molecule has 6 heteroatoms. The molecule has 0 aromatic heterocycles. The molecule has 2 aromatic rings. The predicted octanol–water partition coefficient (Wildman–Crippen LogP) is 3.45. The van der Waals surface area contributed by atoms with E-state index in [1.54, 1.807) is 12.1 Å². The Hall–Kier alpha value is -2.86. The Balaban J connectivity index is 1.18. The van der Waals surface area contributed by atoms with Gasteiger partial charge in [-0.1, -0.05) is 24.3 Å². The number of hydrogen-bond donors (Lipinski definition) is 0. The van der Waals surface area contributed by atoms with Crippen LogP contribution in [0.1, 0.15) is 29.5 Å². The van der Waals surface area contributed by atoms with Crippen molar-refractivity contribution in [3.8, 4) is 0 Å². The first-order valence-electron chi connectivity index (χ1n) is 11.1. The molecule has 5 nitrogen and oxygen atoms in total. The van der Waals surface area contributed by atoms with Crippen molar-refractivity contribution in [1.82, 2.24) is 4.90 Å². The number of amides is 1. The summed E-state index contributed by atoms with van der Waals surface area (Å²) in [5.74, 6) is -0.389. The quantitative estimate of drug-likeness (QED) is 0.722. The third-order valence-electron chi connectivity index (χ3n) is 6.72. The fourth-order valence-electron chi connectivity index (χ4n) is 4.93. The first kappa shape index (κ1) is 20.1. The Morgan fingerprint density at radius 2 is 1.77 bits per heavy atom. The monoisotopic (exact) mass is 418 g/mol. The summed E-state index contributed by atoms with van der Waals surface area (Å²) in [5.41, 5.74) is 5.58. The van der Waals surface area contributed by atoms with Crippen LogP contribution in [0.3, 0.4) is 0 Å². The maximum Gasteiger partial charge on any atom is 0.293 e. The van der Waals surface area contributed by atoms with Crippen molar-refractivity contribution in [2.75, 3.05) is 31.1 Å². The lowest BCUT2D eigenvalue weighted by molar-refractivity contribution is -0.111. The van der Waals surface area contributed by atoms with Crippen LogP contribution in [0.5, 0.6) is 0 Å². The first-order chi connectivity index (χ1) is 15.2. The highest BCUT2D eigenvalue weighted by atomic mass is 19.1. The molecule has 3 aliphatic rings. The molecule has 1 amide bonds. The lowest BCUT2D eigenvalue weighted by Crippen LogP contribution is -2.45. The molecule has 1 saturated heterocycles. The predicted molar refractivity (Wildman–Crippen MR) is 122 cm³/mol. The minimum absolute atomic E-state index is 0.172. The summed E-state index contributed by atoms with van der Waals surface area (Å²) >= 11 is 0. The van der Waals surface area contributed by atoms with E-state index in [1.807, 2.05) is 12.1 Å². The summed E-state index contributed by atoms with van der Waals surface area (Å²) in [6, 6.07) is 14.0. The first-order valence-corrected chi connectivity index (χ1v) is 11.1. The minimum Gasteiger partial charge on any atom is -0.368 e. The van der Waals surface area contributed by atoms with Crippen LogP contribution in [0.4, 0.5) is 10.1 Å². The van der Waals surface area contributed by atoms with Gasteiger partial charge >= 0.3 is 0 Å². The number of hydrogen-bond acceptors (Lipinski definition) is 4. The second-order valence-corrected chi connectivity index (χ2v) is 8.66. The summed E-state index contributed by atoms with van der Waals surface area (Å²) in [5, 5.41) is 0. The molecule has 0 saturated carbocycles. The van der Waals surface area contributed by atoms with E-state index in [2.05, 4.69) is 38.0 Å². The fraction of sp³-hybridized carbons (Fsp3) is 0.400. The van der Waals surface area contributed by atoms with Gasteiger partial charge in [-0.3, -0.25) is 4.79 Å². The van der Waals surface area contributed by atoms with Crippen molar-refractivity contribution < 1.29 is 9.18 Å². The SMILES string of the molecule is O=C1N=CN=C1Cc1ccc2c(c1)N(C1CCN(CCc3ccc(F)cc3)CC1)CC2. The Bertz CT molecular complexity index is 1020. The Morgan fingerprint density at radius 3 is 2.52 bits per heavy atom. The lowest BCUT2D eigenvalue weighted by Gasteiger charge is -2.38. The molecule has 3 aliphatic heterocycles. The molecular formula is C25H27FN4O. The van der Waals surface area contributed by atoms with Gasteiger partial charge in [-0.25, -0.2) is 9.38 Å². The van der Waals surface area contributed by atoms with E-state index in [0.29, 0.717) is 18.2 Å². The minimum atomic E-state index is -0.217. The largest absolute Gasteiger partial charge is 0.368 e. The third kappa shape index (κ3) is 4.44. The van der Waals surface area contributed by atoms with E-state index in [0.717, 1.165) is 57.4 Å². The molecule has 31 heavy (non-hydrogen) atoms. The molecule has 0 atom stereocenters. The van der Waals surface area contributed by atoms with Gasteiger partial charge in [0, 0.05) is 44.3 Å². The molecule has 1 fully saturated rings. The number of carbonyl (C=O) groups is 1. The van der Waals surface area contributed by atoms with Gasteiger partial charge < -0.3 is 9.80 Å². The van der Waals surface area contributed by atoms with Crippen molar-refractivity contribution in [2.24, 2.45) is 9.98 Å². The van der Waals surface area contributed by atoms with Crippen LogP contribution in [0.15, 0.2) is 52.4 Å². The third-order valence-corrected chi connectivity index (χ3v) is 6.72. The topological polar surface area (TPSA) is 48.3 Å². The maximum absolute atomic E-state index is 13.1. The van der Waals surface area contributed by atoms with E-state index < -0.39 is 0 Å². The van der Waals surface area contributed by atoms with Crippen LogP contribution in [-0.2, 0) is 24.1 Å². The number of carbonyl (C=O) groups excluding carboxylic acids is 1. The summed E-state index contributed by atoms with van der Waals surface area (Å²) < 4.78 is 13.1. The maximum atomic E-state index is 13.1. The molecule has 0 radical (unpaired) electrons. The zero-order valence-electron chi connectivity index (χ0n) is 17.6. The summed E-state index contributed by atoms with van der Waals surface area (Å²) in [4.78, 5) is 24.7. The van der Waals surface area contributed by atoms with Crippen LogP contribution >= 0.6 is 0 Å². The van der Waals surface area contributed by atoms with Crippen molar-refractivity contribution in [2.45, 2.75) is 38.1 Å². The Kier molecular flexibility index (Phi) is 5.64. The van der Waals surface area contributed by atoms with Gasteiger partial charge in [0.25, 0.3) is 5.91 Å². The molecule has 0 spiro atoms. The Morgan fingerprint density at radius 1 is 1.00 bits per heavy atom. The number of nitrogens with zero attached hydrogens (tertiary/aromatic N) is 4. The van der Waals surface area contributed by atoms with Crippen LogP contribution in [0, 0.1) is 5.82 Å². The van der Waals surface area contributed by atoms with Gasteiger partial charge in [0.2, 0.25) is 0 Å². The van der Waals surface area contributed by atoms with E-state index in [4.69, 9.17) is 0 Å². The van der Waals surface area contributed by atoms with Gasteiger partial charge in [0.15, 0.2) is 0 Å². The summed E-state index contributed by atoms with van der Waals surface area (Å²) in [6.07, 6.45) is 6.26. The molecule has 2 aromatic carbocycles. The lowest BCUT2D eigenvalue weighted by atomic mass is 10.0. The van der Waals surface area contributed by atoms with Crippen molar-refractivity contribution in [3.05, 3.63) is 65.0 Å². The Labute approximate surface area is 182 Å². The van der Waals surface area contributed by atoms with Crippen LogP contribution in [-0.4, -0.2) is 55.1 Å². The average molecular weight is 419 g/mol. The van der Waals surface area contributed by atoms with Gasteiger partial charge in [0.1, 0.15) is 17.9 Å². The summed E-state index contributed by atoms with van der Waals surface area (Å²) in [6.45, 7) is 4.29. The number of halogens is 1. The highest BCUT2D eigenvalue weighted by molar-refractivity contribution is 6.44. The van der Waals surface area contributed by atoms with Crippen LogP contribution in [0.2, 0.25) is 0 Å². The molecule has 160 valence electrons.